The highest BCUT2D eigenvalue weighted by Gasteiger charge is 2.14. The predicted molar refractivity (Wildman–Crippen MR) is 105 cm³/mol. The molecule has 3 aromatic rings. The molecule has 0 aliphatic carbocycles. The lowest BCUT2D eigenvalue weighted by atomic mass is 10.1. The second-order valence-electron chi connectivity index (χ2n) is 5.73. The van der Waals surface area contributed by atoms with E-state index in [1.807, 2.05) is 35.9 Å². The molecule has 1 unspecified atom stereocenters. The first-order valence-corrected chi connectivity index (χ1v) is 9.89. The zero-order valence-electron chi connectivity index (χ0n) is 14.5. The van der Waals surface area contributed by atoms with E-state index in [9.17, 15) is 4.79 Å². The van der Waals surface area contributed by atoms with Gasteiger partial charge in [-0.1, -0.05) is 23.9 Å². The summed E-state index contributed by atoms with van der Waals surface area (Å²) >= 11 is 3.07. The Hall–Kier alpha value is -2.23. The van der Waals surface area contributed by atoms with E-state index in [2.05, 4.69) is 27.4 Å². The zero-order chi connectivity index (χ0) is 18.5. The zero-order valence-corrected chi connectivity index (χ0v) is 16.2. The van der Waals surface area contributed by atoms with E-state index in [1.54, 1.807) is 23.5 Å². The van der Waals surface area contributed by atoms with E-state index < -0.39 is 0 Å². The Balaban J connectivity index is 1.68. The summed E-state index contributed by atoms with van der Waals surface area (Å²) in [6.45, 7) is 2.62. The van der Waals surface area contributed by atoms with Gasteiger partial charge in [-0.2, -0.15) is 0 Å². The first-order chi connectivity index (χ1) is 12.6. The van der Waals surface area contributed by atoms with Gasteiger partial charge >= 0.3 is 0 Å². The molecule has 136 valence electrons. The van der Waals surface area contributed by atoms with Crippen molar-refractivity contribution < 1.29 is 4.79 Å². The van der Waals surface area contributed by atoms with Crippen molar-refractivity contribution in [3.8, 4) is 0 Å². The summed E-state index contributed by atoms with van der Waals surface area (Å²) in [7, 11) is 1.92. The molecule has 0 bridgehead atoms. The maximum atomic E-state index is 12.4. The molecule has 1 aromatic carbocycles. The van der Waals surface area contributed by atoms with Crippen molar-refractivity contribution in [2.45, 2.75) is 23.8 Å². The van der Waals surface area contributed by atoms with Crippen molar-refractivity contribution in [1.29, 1.82) is 0 Å². The summed E-state index contributed by atoms with van der Waals surface area (Å²) in [6, 6.07) is 7.80. The number of benzene rings is 1. The standard InChI is InChI=1S/C17H20N6OS2/c1-11(26-17-22-19-10-23(17)2)12-4-3-5-13(8-12)20-16(24)14-9-25-15(21-14)6-7-18/h3-5,8-11H,6-7,18H2,1-2H3,(H,20,24). The molecular weight excluding hydrogens is 368 g/mol. The second kappa shape index (κ2) is 8.43. The van der Waals surface area contributed by atoms with Crippen molar-refractivity contribution >= 4 is 34.7 Å². The lowest BCUT2D eigenvalue weighted by molar-refractivity contribution is 0.102. The van der Waals surface area contributed by atoms with Gasteiger partial charge in [0.25, 0.3) is 5.91 Å². The third-order valence-electron chi connectivity index (χ3n) is 3.71. The number of thioether (sulfide) groups is 1. The van der Waals surface area contributed by atoms with Gasteiger partial charge in [0.1, 0.15) is 12.0 Å². The van der Waals surface area contributed by atoms with Crippen LogP contribution >= 0.6 is 23.1 Å². The summed E-state index contributed by atoms with van der Waals surface area (Å²) in [5.74, 6) is -0.213. The molecule has 3 N–H and O–H groups in total. The number of nitrogens with one attached hydrogen (secondary N) is 1. The Labute approximate surface area is 160 Å². The third-order valence-corrected chi connectivity index (χ3v) is 5.82. The topological polar surface area (TPSA) is 98.7 Å². The fourth-order valence-corrected chi connectivity index (χ4v) is 4.02. The lowest BCUT2D eigenvalue weighted by Gasteiger charge is -2.12. The fraction of sp³-hybridized carbons (Fsp3) is 0.294. The molecule has 7 nitrogen and oxygen atoms in total. The molecule has 9 heteroatoms. The molecule has 0 aliphatic rings. The largest absolute Gasteiger partial charge is 0.330 e. The van der Waals surface area contributed by atoms with Gasteiger partial charge in [0, 0.05) is 29.8 Å². The first kappa shape index (κ1) is 18.6. The molecule has 3 rings (SSSR count). The first-order valence-electron chi connectivity index (χ1n) is 8.13. The number of rotatable bonds is 7. The normalized spacial score (nSPS) is 12.1. The van der Waals surface area contributed by atoms with Gasteiger partial charge < -0.3 is 15.6 Å². The third kappa shape index (κ3) is 4.48. The minimum Gasteiger partial charge on any atom is -0.330 e. The maximum Gasteiger partial charge on any atom is 0.275 e. The van der Waals surface area contributed by atoms with E-state index in [4.69, 9.17) is 5.73 Å². The lowest BCUT2D eigenvalue weighted by Crippen LogP contribution is -2.13. The van der Waals surface area contributed by atoms with Crippen LogP contribution in [-0.2, 0) is 13.5 Å². The second-order valence-corrected chi connectivity index (χ2v) is 7.98. The number of thiazole rings is 1. The summed E-state index contributed by atoms with van der Waals surface area (Å²) in [5, 5.41) is 14.6. The molecule has 0 aliphatic heterocycles. The van der Waals surface area contributed by atoms with Gasteiger partial charge in [0.15, 0.2) is 5.16 Å². The van der Waals surface area contributed by atoms with Crippen LogP contribution in [0.25, 0.3) is 0 Å². The number of aryl methyl sites for hydroxylation is 1. The van der Waals surface area contributed by atoms with Crippen molar-refractivity contribution in [2.75, 3.05) is 11.9 Å². The van der Waals surface area contributed by atoms with E-state index in [0.29, 0.717) is 18.7 Å². The van der Waals surface area contributed by atoms with Gasteiger partial charge in [-0.25, -0.2) is 4.98 Å². The molecule has 2 aromatic heterocycles. The highest BCUT2D eigenvalue weighted by atomic mass is 32.2. The van der Waals surface area contributed by atoms with E-state index in [1.165, 1.54) is 11.3 Å². The summed E-state index contributed by atoms with van der Waals surface area (Å²) < 4.78 is 1.88. The highest BCUT2D eigenvalue weighted by molar-refractivity contribution is 7.99. The van der Waals surface area contributed by atoms with Crippen LogP contribution < -0.4 is 11.1 Å². The monoisotopic (exact) mass is 388 g/mol. The molecule has 0 radical (unpaired) electrons. The Morgan fingerprint density at radius 2 is 2.31 bits per heavy atom. The van der Waals surface area contributed by atoms with Crippen LogP contribution in [0.5, 0.6) is 0 Å². The number of hydrogen-bond acceptors (Lipinski definition) is 7. The van der Waals surface area contributed by atoms with Crippen LogP contribution in [0.15, 0.2) is 41.1 Å². The Morgan fingerprint density at radius 1 is 1.46 bits per heavy atom. The molecule has 2 heterocycles. The maximum absolute atomic E-state index is 12.4. The number of anilines is 1. The van der Waals surface area contributed by atoms with Gasteiger partial charge in [-0.3, -0.25) is 4.79 Å². The average Bonchev–Trinajstić information content (AvgIpc) is 3.25. The number of hydrogen-bond donors (Lipinski definition) is 2. The molecule has 0 saturated carbocycles. The molecule has 1 amide bonds. The van der Waals surface area contributed by atoms with Crippen molar-refractivity contribution in [1.82, 2.24) is 19.7 Å². The van der Waals surface area contributed by atoms with E-state index >= 15 is 0 Å². The number of aromatic nitrogens is 4. The highest BCUT2D eigenvalue weighted by Crippen LogP contribution is 2.34. The number of carbonyl (C=O) groups excluding carboxylic acids is 1. The summed E-state index contributed by atoms with van der Waals surface area (Å²) in [6.07, 6.45) is 2.36. The van der Waals surface area contributed by atoms with Crippen LogP contribution in [0.2, 0.25) is 0 Å². The molecule has 1 atom stereocenters. The summed E-state index contributed by atoms with van der Waals surface area (Å²) in [5.41, 5.74) is 7.79. The Kier molecular flexibility index (Phi) is 6.02. The molecule has 26 heavy (non-hydrogen) atoms. The number of nitrogens with two attached hydrogens (primary N) is 1. The van der Waals surface area contributed by atoms with Gasteiger partial charge in [0.05, 0.1) is 5.01 Å². The molecule has 0 saturated heterocycles. The minimum atomic E-state index is -0.213. The average molecular weight is 389 g/mol. The van der Waals surface area contributed by atoms with Crippen molar-refractivity contribution in [3.05, 3.63) is 52.2 Å². The minimum absolute atomic E-state index is 0.171. The van der Waals surface area contributed by atoms with Crippen LogP contribution in [0.4, 0.5) is 5.69 Å². The quantitative estimate of drug-likeness (QED) is 0.604. The van der Waals surface area contributed by atoms with Crippen LogP contribution in [0.3, 0.4) is 0 Å². The predicted octanol–water partition coefficient (Wildman–Crippen LogP) is 2.88. The van der Waals surface area contributed by atoms with Crippen LogP contribution in [-0.4, -0.2) is 32.2 Å². The number of amides is 1. The Morgan fingerprint density at radius 3 is 3.04 bits per heavy atom. The number of nitrogens with zero attached hydrogens (tertiary/aromatic N) is 4. The Bertz CT molecular complexity index is 891. The SMILES string of the molecule is CC(Sc1nncn1C)c1cccc(NC(=O)c2csc(CCN)n2)c1. The van der Waals surface area contributed by atoms with Gasteiger partial charge in [-0.15, -0.1) is 21.5 Å². The van der Waals surface area contributed by atoms with Gasteiger partial charge in [0.2, 0.25) is 0 Å². The van der Waals surface area contributed by atoms with Crippen LogP contribution in [0.1, 0.15) is 33.2 Å². The van der Waals surface area contributed by atoms with Crippen molar-refractivity contribution in [3.63, 3.8) is 0 Å². The van der Waals surface area contributed by atoms with Crippen LogP contribution in [0, 0.1) is 0 Å². The van der Waals surface area contributed by atoms with Crippen molar-refractivity contribution in [2.24, 2.45) is 12.8 Å². The van der Waals surface area contributed by atoms with E-state index in [-0.39, 0.29) is 11.2 Å². The fourth-order valence-electron chi connectivity index (χ4n) is 2.32. The number of carbonyl (C=O) groups is 1. The smallest absolute Gasteiger partial charge is 0.275 e. The van der Waals surface area contributed by atoms with E-state index in [0.717, 1.165) is 21.4 Å². The van der Waals surface area contributed by atoms with Gasteiger partial charge in [-0.05, 0) is 31.2 Å². The molecule has 0 spiro atoms. The summed E-state index contributed by atoms with van der Waals surface area (Å²) in [4.78, 5) is 16.7. The molecular formula is C17H20N6OS2. The molecule has 0 fully saturated rings.